The molecule has 0 aliphatic rings. The predicted molar refractivity (Wildman–Crippen MR) is 116 cm³/mol. The lowest BCUT2D eigenvalue weighted by Crippen LogP contribution is -2.15. The first kappa shape index (κ1) is 21.7. The van der Waals surface area contributed by atoms with Crippen molar-refractivity contribution in [1.82, 2.24) is 24.7 Å². The van der Waals surface area contributed by atoms with Crippen molar-refractivity contribution in [3.8, 4) is 11.5 Å². The maximum absolute atomic E-state index is 12.4. The van der Waals surface area contributed by atoms with Crippen LogP contribution < -0.4 is 10.5 Å². The molecule has 3 N–H and O–H groups in total. The van der Waals surface area contributed by atoms with Crippen molar-refractivity contribution in [2.75, 3.05) is 11.1 Å². The summed E-state index contributed by atoms with van der Waals surface area (Å²) >= 11 is 1.19. The minimum Gasteiger partial charge on any atom is -0.467 e. The lowest BCUT2D eigenvalue weighted by molar-refractivity contribution is -0.113. The van der Waals surface area contributed by atoms with Gasteiger partial charge < -0.3 is 9.73 Å². The molecular formula is C19H17N7O4S2. The van der Waals surface area contributed by atoms with Gasteiger partial charge in [0, 0.05) is 18.1 Å². The highest BCUT2D eigenvalue weighted by Crippen LogP contribution is 2.24. The van der Waals surface area contributed by atoms with E-state index in [9.17, 15) is 13.2 Å². The van der Waals surface area contributed by atoms with Crippen molar-refractivity contribution in [2.45, 2.75) is 16.6 Å². The number of hydrogen-bond donors (Lipinski definition) is 2. The number of amides is 1. The molecule has 0 spiro atoms. The molecule has 0 fully saturated rings. The van der Waals surface area contributed by atoms with Crippen LogP contribution in [-0.2, 0) is 21.4 Å². The second kappa shape index (κ2) is 9.30. The van der Waals surface area contributed by atoms with Crippen LogP contribution in [0, 0.1) is 0 Å². The van der Waals surface area contributed by atoms with Gasteiger partial charge in [-0.3, -0.25) is 14.3 Å². The Morgan fingerprint density at radius 1 is 1.16 bits per heavy atom. The SMILES string of the molecule is NS(=O)(=O)c1ccc(NC(=O)CSc2nnc(-c3cnccn3)n2Cc2ccco2)cc1. The number of anilines is 1. The number of primary sulfonamides is 1. The fraction of sp³-hybridized carbons (Fsp3) is 0.105. The monoisotopic (exact) mass is 471 g/mol. The second-order valence-electron chi connectivity index (χ2n) is 6.47. The van der Waals surface area contributed by atoms with E-state index < -0.39 is 10.0 Å². The third-order valence-corrected chi connectivity index (χ3v) is 6.10. The largest absolute Gasteiger partial charge is 0.467 e. The van der Waals surface area contributed by atoms with E-state index in [0.29, 0.717) is 34.7 Å². The van der Waals surface area contributed by atoms with Gasteiger partial charge in [-0.15, -0.1) is 10.2 Å². The molecule has 32 heavy (non-hydrogen) atoms. The van der Waals surface area contributed by atoms with Crippen molar-refractivity contribution in [3.63, 3.8) is 0 Å². The molecule has 3 aromatic heterocycles. The van der Waals surface area contributed by atoms with Gasteiger partial charge in [-0.05, 0) is 36.4 Å². The molecule has 3 heterocycles. The highest BCUT2D eigenvalue weighted by atomic mass is 32.2. The first-order valence-electron chi connectivity index (χ1n) is 9.17. The summed E-state index contributed by atoms with van der Waals surface area (Å²) in [5.74, 6) is 0.937. The number of carbonyl (C=O) groups excluding carboxylic acids is 1. The summed E-state index contributed by atoms with van der Waals surface area (Å²) in [5.41, 5.74) is 0.984. The van der Waals surface area contributed by atoms with Gasteiger partial charge in [0.25, 0.3) is 0 Å². The molecule has 0 aliphatic heterocycles. The van der Waals surface area contributed by atoms with Gasteiger partial charge in [0.2, 0.25) is 15.9 Å². The van der Waals surface area contributed by atoms with E-state index in [1.807, 2.05) is 6.07 Å². The molecule has 164 valence electrons. The van der Waals surface area contributed by atoms with Crippen molar-refractivity contribution in [2.24, 2.45) is 5.14 Å². The van der Waals surface area contributed by atoms with Gasteiger partial charge in [-0.25, -0.2) is 18.5 Å². The van der Waals surface area contributed by atoms with E-state index in [1.165, 1.54) is 36.0 Å². The number of nitrogens with one attached hydrogen (secondary N) is 1. The van der Waals surface area contributed by atoms with Crippen LogP contribution in [-0.4, -0.2) is 44.8 Å². The average Bonchev–Trinajstić information content (AvgIpc) is 3.43. The number of rotatable bonds is 8. The number of sulfonamides is 1. The first-order valence-corrected chi connectivity index (χ1v) is 11.7. The van der Waals surface area contributed by atoms with E-state index >= 15 is 0 Å². The molecule has 4 rings (SSSR count). The Kier molecular flexibility index (Phi) is 6.30. The molecule has 4 aromatic rings. The summed E-state index contributed by atoms with van der Waals surface area (Å²) in [7, 11) is -3.79. The summed E-state index contributed by atoms with van der Waals surface area (Å²) in [6.07, 6.45) is 6.27. The summed E-state index contributed by atoms with van der Waals surface area (Å²) in [5, 5.41) is 16.7. The topological polar surface area (TPSA) is 159 Å². The molecule has 0 atom stereocenters. The number of nitrogens with zero attached hydrogens (tertiary/aromatic N) is 5. The van der Waals surface area contributed by atoms with Gasteiger partial charge >= 0.3 is 0 Å². The Morgan fingerprint density at radius 2 is 1.97 bits per heavy atom. The van der Waals surface area contributed by atoms with Gasteiger partial charge in [-0.2, -0.15) is 0 Å². The fourth-order valence-electron chi connectivity index (χ4n) is 2.76. The molecule has 1 aromatic carbocycles. The Hall–Kier alpha value is -3.55. The summed E-state index contributed by atoms with van der Waals surface area (Å²) in [4.78, 5) is 20.7. The zero-order valence-electron chi connectivity index (χ0n) is 16.5. The molecule has 0 saturated heterocycles. The van der Waals surface area contributed by atoms with Crippen LogP contribution >= 0.6 is 11.8 Å². The van der Waals surface area contributed by atoms with Crippen LogP contribution in [0.2, 0.25) is 0 Å². The molecule has 0 saturated carbocycles. The van der Waals surface area contributed by atoms with Crippen LogP contribution in [0.3, 0.4) is 0 Å². The summed E-state index contributed by atoms with van der Waals surface area (Å²) in [6, 6.07) is 9.19. The lowest BCUT2D eigenvalue weighted by atomic mass is 10.3. The zero-order chi connectivity index (χ0) is 22.6. The van der Waals surface area contributed by atoms with E-state index in [1.54, 1.807) is 35.5 Å². The fourth-order valence-corrected chi connectivity index (χ4v) is 4.01. The third-order valence-electron chi connectivity index (χ3n) is 4.20. The summed E-state index contributed by atoms with van der Waals surface area (Å²) < 4.78 is 29.9. The third kappa shape index (κ3) is 5.19. The molecule has 13 heteroatoms. The van der Waals surface area contributed by atoms with Crippen molar-refractivity contribution < 1.29 is 17.6 Å². The Labute approximate surface area is 187 Å². The van der Waals surface area contributed by atoms with Crippen LogP contribution in [0.15, 0.2) is 75.7 Å². The molecule has 1 amide bonds. The minimum absolute atomic E-state index is 0.0348. The van der Waals surface area contributed by atoms with Gasteiger partial charge in [0.05, 0.1) is 29.7 Å². The normalized spacial score (nSPS) is 11.4. The number of benzene rings is 1. The molecule has 0 unspecified atom stereocenters. The Bertz CT molecular complexity index is 1310. The first-order chi connectivity index (χ1) is 15.4. The van der Waals surface area contributed by atoms with Crippen molar-refractivity contribution >= 4 is 33.4 Å². The van der Waals surface area contributed by atoms with E-state index in [4.69, 9.17) is 9.56 Å². The molecule has 0 bridgehead atoms. The van der Waals surface area contributed by atoms with Crippen molar-refractivity contribution in [1.29, 1.82) is 0 Å². The van der Waals surface area contributed by atoms with Crippen molar-refractivity contribution in [3.05, 3.63) is 67.0 Å². The standard InChI is InChI=1S/C19H17N7O4S2/c20-32(28,29)15-5-3-13(4-6-15)23-17(27)12-31-19-25-24-18(16-10-21-7-8-22-16)26(19)11-14-2-1-9-30-14/h1-10H,11-12H2,(H,23,27)(H2,20,28,29). The number of nitrogens with two attached hydrogens (primary N) is 1. The Morgan fingerprint density at radius 3 is 2.62 bits per heavy atom. The van der Waals surface area contributed by atoms with Gasteiger partial charge in [0.1, 0.15) is 11.5 Å². The average molecular weight is 472 g/mol. The number of aromatic nitrogens is 5. The number of thioether (sulfide) groups is 1. The molecular weight excluding hydrogens is 454 g/mol. The molecule has 0 radical (unpaired) electrons. The maximum Gasteiger partial charge on any atom is 0.238 e. The van der Waals surface area contributed by atoms with Gasteiger partial charge in [-0.1, -0.05) is 11.8 Å². The van der Waals surface area contributed by atoms with E-state index in [-0.39, 0.29) is 16.6 Å². The highest BCUT2D eigenvalue weighted by molar-refractivity contribution is 7.99. The smallest absolute Gasteiger partial charge is 0.238 e. The quantitative estimate of drug-likeness (QED) is 0.365. The number of hydrogen-bond acceptors (Lipinski definition) is 9. The minimum atomic E-state index is -3.79. The predicted octanol–water partition coefficient (Wildman–Crippen LogP) is 1.75. The molecule has 0 aliphatic carbocycles. The number of carbonyl (C=O) groups is 1. The second-order valence-corrected chi connectivity index (χ2v) is 8.97. The zero-order valence-corrected chi connectivity index (χ0v) is 18.1. The van der Waals surface area contributed by atoms with Crippen LogP contribution in [0.4, 0.5) is 5.69 Å². The molecule has 11 nitrogen and oxygen atoms in total. The van der Waals surface area contributed by atoms with E-state index in [2.05, 4.69) is 25.5 Å². The summed E-state index contributed by atoms with van der Waals surface area (Å²) in [6.45, 7) is 0.352. The van der Waals surface area contributed by atoms with Crippen LogP contribution in [0.5, 0.6) is 0 Å². The van der Waals surface area contributed by atoms with E-state index in [0.717, 1.165) is 0 Å². The number of furan rings is 1. The Balaban J connectivity index is 1.48. The van der Waals surface area contributed by atoms with Gasteiger partial charge in [0.15, 0.2) is 11.0 Å². The highest BCUT2D eigenvalue weighted by Gasteiger charge is 2.18. The van der Waals surface area contributed by atoms with Crippen LogP contribution in [0.25, 0.3) is 11.5 Å². The lowest BCUT2D eigenvalue weighted by Gasteiger charge is -2.09. The van der Waals surface area contributed by atoms with Crippen LogP contribution in [0.1, 0.15) is 5.76 Å². The maximum atomic E-state index is 12.4.